The maximum atomic E-state index is 2.48. The summed E-state index contributed by atoms with van der Waals surface area (Å²) in [5.74, 6) is 0. The number of nitrogens with zero attached hydrogens (tertiary/aromatic N) is 2. The molecule has 10 rings (SSSR count). The van der Waals surface area contributed by atoms with Crippen LogP contribution in [-0.2, 0) is 5.41 Å². The van der Waals surface area contributed by atoms with Crippen LogP contribution >= 0.6 is 0 Å². The van der Waals surface area contributed by atoms with Crippen molar-refractivity contribution in [1.29, 1.82) is 0 Å². The van der Waals surface area contributed by atoms with Crippen molar-refractivity contribution in [2.45, 2.75) is 74.7 Å². The number of para-hydroxylation sites is 2. The van der Waals surface area contributed by atoms with Gasteiger partial charge in [0.05, 0.1) is 0 Å². The highest BCUT2D eigenvalue weighted by Gasteiger charge is 2.59. The van der Waals surface area contributed by atoms with Gasteiger partial charge in [-0.15, -0.1) is 0 Å². The van der Waals surface area contributed by atoms with Crippen molar-refractivity contribution in [3.8, 4) is 11.1 Å². The molecule has 0 N–H and O–H groups in total. The van der Waals surface area contributed by atoms with Gasteiger partial charge in [-0.25, -0.2) is 0 Å². The molecule has 1 aliphatic rings. The van der Waals surface area contributed by atoms with Crippen LogP contribution in [0.1, 0.15) is 74.9 Å². The van der Waals surface area contributed by atoms with Gasteiger partial charge in [0.1, 0.15) is 0 Å². The molecule has 0 aliphatic heterocycles. The maximum Gasteiger partial charge on any atom is 0.0493 e. The Hall–Kier alpha value is -6.64. The van der Waals surface area contributed by atoms with Crippen LogP contribution in [0.25, 0.3) is 43.4 Å². The Morgan fingerprint density at radius 1 is 0.365 bits per heavy atom. The van der Waals surface area contributed by atoms with E-state index >= 15 is 0 Å². The topological polar surface area (TPSA) is 6.48 Å². The van der Waals surface area contributed by atoms with Crippen molar-refractivity contribution < 1.29 is 0 Å². The molecule has 0 unspecified atom stereocenters. The molecule has 0 amide bonds. The molecule has 0 saturated heterocycles. The van der Waals surface area contributed by atoms with Crippen molar-refractivity contribution in [2.24, 2.45) is 10.8 Å². The number of aryl methyl sites for hydroxylation is 4. The minimum Gasteiger partial charge on any atom is -0.310 e. The predicted octanol–water partition coefficient (Wildman–Crippen LogP) is 17.7. The second-order valence-corrected chi connectivity index (χ2v) is 20.1. The minimum absolute atomic E-state index is 0.171. The third kappa shape index (κ3) is 6.21. The van der Waals surface area contributed by atoms with E-state index in [1.54, 1.807) is 0 Å². The molecule has 312 valence electrons. The van der Waals surface area contributed by atoms with Crippen LogP contribution < -0.4 is 9.80 Å². The zero-order valence-corrected chi connectivity index (χ0v) is 38.6. The molecule has 0 bridgehead atoms. The Bertz CT molecular complexity index is 3220. The monoisotopic (exact) mass is 818 g/mol. The van der Waals surface area contributed by atoms with E-state index in [9.17, 15) is 0 Å². The second-order valence-electron chi connectivity index (χ2n) is 20.1. The van der Waals surface area contributed by atoms with Gasteiger partial charge in [-0.05, 0) is 176 Å². The van der Waals surface area contributed by atoms with Crippen molar-refractivity contribution >= 4 is 66.4 Å². The summed E-state index contributed by atoms with van der Waals surface area (Å²) in [6.07, 6.45) is 0. The lowest BCUT2D eigenvalue weighted by molar-refractivity contribution is 0.0977. The summed E-state index contributed by atoms with van der Waals surface area (Å²) in [5.41, 5.74) is 16.9. The van der Waals surface area contributed by atoms with E-state index in [1.807, 2.05) is 0 Å². The first-order chi connectivity index (χ1) is 30.2. The van der Waals surface area contributed by atoms with Gasteiger partial charge in [0.2, 0.25) is 0 Å². The number of hydrogen-bond donors (Lipinski definition) is 0. The van der Waals surface area contributed by atoms with Gasteiger partial charge < -0.3 is 9.80 Å². The molecule has 0 heterocycles. The molecule has 0 aromatic heterocycles. The van der Waals surface area contributed by atoms with E-state index in [-0.39, 0.29) is 16.2 Å². The lowest BCUT2D eigenvalue weighted by Crippen LogP contribution is -2.50. The largest absolute Gasteiger partial charge is 0.310 e. The van der Waals surface area contributed by atoms with Crippen LogP contribution in [0.15, 0.2) is 170 Å². The average molecular weight is 819 g/mol. The number of fused-ring (bicyclic) bond motifs is 10. The van der Waals surface area contributed by atoms with Gasteiger partial charge in [0, 0.05) is 39.5 Å². The van der Waals surface area contributed by atoms with Crippen molar-refractivity contribution in [1.82, 2.24) is 0 Å². The Kier molecular flexibility index (Phi) is 9.46. The van der Waals surface area contributed by atoms with Gasteiger partial charge in [-0.2, -0.15) is 0 Å². The molecule has 9 aromatic carbocycles. The summed E-state index contributed by atoms with van der Waals surface area (Å²) >= 11 is 0. The summed E-state index contributed by atoms with van der Waals surface area (Å²) in [5, 5.41) is 7.80. The molecule has 1 aliphatic carbocycles. The first kappa shape index (κ1) is 40.4. The average Bonchev–Trinajstić information content (AvgIpc) is 3.61. The lowest BCUT2D eigenvalue weighted by Gasteiger charge is -2.54. The number of anilines is 6. The van der Waals surface area contributed by atoms with E-state index in [4.69, 9.17) is 0 Å². The second kappa shape index (κ2) is 14.7. The molecule has 9 aromatic rings. The fourth-order valence-electron chi connectivity index (χ4n) is 11.7. The standard InChI is InChI=1S/C61H58N2/c1-39-25-27-41(3)54(35-39)62(44-19-13-11-14-20-44)46-30-33-48-43(37-46)29-32-52-56-50-24-18-17-23-49(50)53-38-47(63(45-21-15-12-16-22-45)55-36-40(2)26-28-42(55)4)31-34-51(53)58(56)61(57(48)52,59(5,6)7)60(8,9)10/h11-38H,1-10H3. The third-order valence-corrected chi connectivity index (χ3v) is 14.0. The fraction of sp³-hybridized carbons (Fsp3) is 0.213. The first-order valence-corrected chi connectivity index (χ1v) is 22.6. The normalized spacial score (nSPS) is 13.4. The van der Waals surface area contributed by atoms with E-state index < -0.39 is 0 Å². The molecule has 2 heteroatoms. The van der Waals surface area contributed by atoms with Gasteiger partial charge in [-0.1, -0.05) is 151 Å². The summed E-state index contributed by atoms with van der Waals surface area (Å²) in [6, 6.07) is 63.8. The van der Waals surface area contributed by atoms with Crippen LogP contribution in [0.5, 0.6) is 0 Å². The lowest BCUT2D eigenvalue weighted by atomic mass is 9.49. The number of hydrogen-bond acceptors (Lipinski definition) is 2. The molecule has 63 heavy (non-hydrogen) atoms. The van der Waals surface area contributed by atoms with Gasteiger partial charge in [0.25, 0.3) is 0 Å². The zero-order valence-electron chi connectivity index (χ0n) is 38.6. The highest BCUT2D eigenvalue weighted by molar-refractivity contribution is 6.20. The van der Waals surface area contributed by atoms with Crippen LogP contribution in [-0.4, -0.2) is 0 Å². The van der Waals surface area contributed by atoms with Gasteiger partial charge in [-0.3, -0.25) is 0 Å². The number of rotatable bonds is 6. The van der Waals surface area contributed by atoms with E-state index in [1.165, 1.54) is 88.2 Å². The van der Waals surface area contributed by atoms with Crippen molar-refractivity contribution in [3.05, 3.63) is 203 Å². The van der Waals surface area contributed by atoms with Crippen LogP contribution in [0.4, 0.5) is 34.1 Å². The molecule has 0 fully saturated rings. The van der Waals surface area contributed by atoms with Gasteiger partial charge >= 0.3 is 0 Å². The highest BCUT2D eigenvalue weighted by atomic mass is 15.1. The fourth-order valence-corrected chi connectivity index (χ4v) is 11.7. The Balaban J connectivity index is 1.27. The predicted molar refractivity (Wildman–Crippen MR) is 272 cm³/mol. The molecule has 2 nitrogen and oxygen atoms in total. The Morgan fingerprint density at radius 2 is 0.857 bits per heavy atom. The molecule has 0 radical (unpaired) electrons. The molecule has 0 atom stereocenters. The van der Waals surface area contributed by atoms with Crippen LogP contribution in [0.3, 0.4) is 0 Å². The Morgan fingerprint density at radius 3 is 1.40 bits per heavy atom. The summed E-state index contributed by atoms with van der Waals surface area (Å²) in [7, 11) is 0. The van der Waals surface area contributed by atoms with E-state index in [0.717, 1.165) is 22.7 Å². The Labute approximate surface area is 374 Å². The molecule has 0 spiro atoms. The van der Waals surface area contributed by atoms with Crippen molar-refractivity contribution in [2.75, 3.05) is 9.80 Å². The van der Waals surface area contributed by atoms with Gasteiger partial charge in [0.15, 0.2) is 0 Å². The summed E-state index contributed by atoms with van der Waals surface area (Å²) < 4.78 is 0. The highest BCUT2D eigenvalue weighted by Crippen LogP contribution is 2.68. The summed E-state index contributed by atoms with van der Waals surface area (Å²) in [4.78, 5) is 4.88. The molecule has 0 saturated carbocycles. The maximum absolute atomic E-state index is 2.48. The SMILES string of the molecule is Cc1ccc(C)c(N(c2ccccc2)c2ccc3c4c(ccc3c2)-c2c(c3ccc(N(c5ccccc5)c5cc(C)ccc5C)cc3c3ccccc23)C4(C(C)(C)C)C(C)(C)C)c1. The number of benzene rings is 9. The van der Waals surface area contributed by atoms with E-state index in [0.29, 0.717) is 0 Å². The molecular weight excluding hydrogens is 761 g/mol. The van der Waals surface area contributed by atoms with Crippen LogP contribution in [0, 0.1) is 38.5 Å². The third-order valence-electron chi connectivity index (χ3n) is 14.0. The smallest absolute Gasteiger partial charge is 0.0493 e. The first-order valence-electron chi connectivity index (χ1n) is 22.6. The van der Waals surface area contributed by atoms with Crippen LogP contribution in [0.2, 0.25) is 0 Å². The quantitative estimate of drug-likeness (QED) is 0.154. The van der Waals surface area contributed by atoms with E-state index in [2.05, 4.69) is 249 Å². The minimum atomic E-state index is -0.367. The van der Waals surface area contributed by atoms with Crippen molar-refractivity contribution in [3.63, 3.8) is 0 Å². The summed E-state index contributed by atoms with van der Waals surface area (Å²) in [6.45, 7) is 23.7. The molecular formula is C61H58N2. The zero-order chi connectivity index (χ0) is 44.0.